The van der Waals surface area contributed by atoms with Crippen molar-refractivity contribution in [3.05, 3.63) is 29.0 Å². The topological polar surface area (TPSA) is 83.6 Å². The number of carboxylic acids is 1. The molecule has 1 atom stereocenters. The number of aryl methyl sites for hydroxylation is 1. The molecule has 7 heteroatoms. The van der Waals surface area contributed by atoms with Gasteiger partial charge in [-0.1, -0.05) is 6.92 Å². The molecule has 112 valence electrons. The minimum Gasteiger partial charge on any atom is -0.480 e. The molecule has 21 heavy (non-hydrogen) atoms. The maximum absolute atomic E-state index is 12.4. The highest BCUT2D eigenvalue weighted by atomic mass is 32.1. The van der Waals surface area contributed by atoms with Crippen LogP contribution in [-0.4, -0.2) is 40.0 Å². The van der Waals surface area contributed by atoms with Crippen LogP contribution in [-0.2, 0) is 4.79 Å². The summed E-state index contributed by atoms with van der Waals surface area (Å²) in [6.07, 6.45) is 1.88. The summed E-state index contributed by atoms with van der Waals surface area (Å²) in [4.78, 5) is 29.8. The largest absolute Gasteiger partial charge is 0.480 e. The monoisotopic (exact) mass is 308 g/mol. The predicted molar refractivity (Wildman–Crippen MR) is 78.4 cm³/mol. The van der Waals surface area contributed by atoms with E-state index in [9.17, 15) is 9.59 Å². The molecule has 0 saturated carbocycles. The average Bonchev–Trinajstić information content (AvgIpc) is 3.07. The zero-order chi connectivity index (χ0) is 15.6. The Morgan fingerprint density at radius 2 is 2.24 bits per heavy atom. The highest BCUT2D eigenvalue weighted by Crippen LogP contribution is 2.28. The predicted octanol–water partition coefficient (Wildman–Crippen LogP) is 2.65. The first-order valence-corrected chi connectivity index (χ1v) is 7.28. The fourth-order valence-electron chi connectivity index (χ4n) is 2.02. The number of carbonyl (C=O) groups excluding carboxylic acids is 1. The van der Waals surface area contributed by atoms with Crippen LogP contribution >= 0.6 is 11.3 Å². The van der Waals surface area contributed by atoms with Gasteiger partial charge in [-0.2, -0.15) is 0 Å². The molecule has 0 radical (unpaired) electrons. The highest BCUT2D eigenvalue weighted by Gasteiger charge is 2.28. The molecule has 2 aromatic heterocycles. The fraction of sp³-hybridized carbons (Fsp3) is 0.357. The Morgan fingerprint density at radius 1 is 1.52 bits per heavy atom. The van der Waals surface area contributed by atoms with Crippen LogP contribution in [0.1, 0.15) is 28.7 Å². The Balaban J connectivity index is 2.29. The maximum Gasteiger partial charge on any atom is 0.326 e. The Morgan fingerprint density at radius 3 is 2.76 bits per heavy atom. The molecule has 2 aromatic rings. The van der Waals surface area contributed by atoms with Crippen LogP contribution in [0.4, 0.5) is 0 Å². The van der Waals surface area contributed by atoms with Gasteiger partial charge >= 0.3 is 5.97 Å². The summed E-state index contributed by atoms with van der Waals surface area (Å²) < 4.78 is 5.26. The number of aliphatic carboxylic acids is 1. The van der Waals surface area contributed by atoms with Crippen LogP contribution in [0.3, 0.4) is 0 Å². The lowest BCUT2D eigenvalue weighted by atomic mass is 10.2. The molecule has 0 aliphatic heterocycles. The van der Waals surface area contributed by atoms with E-state index in [4.69, 9.17) is 9.52 Å². The number of rotatable bonds is 5. The van der Waals surface area contributed by atoms with Crippen LogP contribution in [0.5, 0.6) is 0 Å². The van der Waals surface area contributed by atoms with Gasteiger partial charge in [0.2, 0.25) is 0 Å². The molecule has 0 aliphatic carbocycles. The number of aromatic nitrogens is 1. The summed E-state index contributed by atoms with van der Waals surface area (Å²) in [5.74, 6) is -0.821. The molecule has 0 aliphatic rings. The van der Waals surface area contributed by atoms with Crippen LogP contribution in [0.2, 0.25) is 0 Å². The number of carbonyl (C=O) groups is 2. The molecule has 0 bridgehead atoms. The third kappa shape index (κ3) is 2.97. The van der Waals surface area contributed by atoms with Gasteiger partial charge in [0, 0.05) is 11.9 Å². The van der Waals surface area contributed by atoms with E-state index in [0.717, 1.165) is 4.88 Å². The van der Waals surface area contributed by atoms with Crippen molar-refractivity contribution >= 4 is 23.2 Å². The summed E-state index contributed by atoms with van der Waals surface area (Å²) in [5.41, 5.74) is 0.272. The van der Waals surface area contributed by atoms with Crippen molar-refractivity contribution in [2.75, 3.05) is 7.05 Å². The first-order valence-electron chi connectivity index (χ1n) is 6.47. The summed E-state index contributed by atoms with van der Waals surface area (Å²) >= 11 is 1.35. The second kappa shape index (κ2) is 6.09. The van der Waals surface area contributed by atoms with E-state index >= 15 is 0 Å². The molecule has 0 fully saturated rings. The molecule has 0 saturated heterocycles. The van der Waals surface area contributed by atoms with E-state index in [-0.39, 0.29) is 5.69 Å². The van der Waals surface area contributed by atoms with Crippen molar-refractivity contribution in [2.24, 2.45) is 0 Å². The van der Waals surface area contributed by atoms with Gasteiger partial charge in [-0.25, -0.2) is 9.78 Å². The van der Waals surface area contributed by atoms with Gasteiger partial charge in [-0.3, -0.25) is 4.79 Å². The summed E-state index contributed by atoms with van der Waals surface area (Å²) in [6, 6.07) is 2.66. The zero-order valence-corrected chi connectivity index (χ0v) is 12.8. The SMILES string of the molecule is CCC(C(=O)O)N(C)C(=O)c1nc(-c2ccco2)sc1C. The normalized spacial score (nSPS) is 12.1. The number of carboxylic acid groups (broad SMARTS) is 1. The minimum atomic E-state index is -1.02. The van der Waals surface area contributed by atoms with Gasteiger partial charge < -0.3 is 14.4 Å². The molecule has 1 unspecified atom stereocenters. The number of thiazole rings is 1. The van der Waals surface area contributed by atoms with E-state index in [0.29, 0.717) is 17.2 Å². The Labute approximate surface area is 126 Å². The maximum atomic E-state index is 12.4. The van der Waals surface area contributed by atoms with Gasteiger partial charge in [0.1, 0.15) is 11.7 Å². The second-order valence-corrected chi connectivity index (χ2v) is 5.78. The summed E-state index contributed by atoms with van der Waals surface area (Å²) in [5, 5.41) is 9.75. The number of nitrogens with zero attached hydrogens (tertiary/aromatic N) is 2. The molecular weight excluding hydrogens is 292 g/mol. The van der Waals surface area contributed by atoms with Gasteiger partial charge in [0.15, 0.2) is 10.8 Å². The van der Waals surface area contributed by atoms with E-state index in [1.807, 2.05) is 0 Å². The van der Waals surface area contributed by atoms with Crippen LogP contribution in [0, 0.1) is 6.92 Å². The van der Waals surface area contributed by atoms with Gasteiger partial charge in [-0.05, 0) is 25.5 Å². The summed E-state index contributed by atoms with van der Waals surface area (Å²) in [7, 11) is 1.48. The number of amides is 1. The average molecular weight is 308 g/mol. The number of likely N-dealkylation sites (N-methyl/N-ethyl adjacent to an activating group) is 1. The van der Waals surface area contributed by atoms with E-state index in [1.54, 1.807) is 26.0 Å². The van der Waals surface area contributed by atoms with E-state index in [1.165, 1.54) is 29.5 Å². The van der Waals surface area contributed by atoms with E-state index < -0.39 is 17.9 Å². The first kappa shape index (κ1) is 15.2. The highest BCUT2D eigenvalue weighted by molar-refractivity contribution is 7.15. The standard InChI is InChI=1S/C14H16N2O4S/c1-4-9(14(18)19)16(3)13(17)11-8(2)21-12(15-11)10-6-5-7-20-10/h5-7,9H,4H2,1-3H3,(H,18,19). The van der Waals surface area contributed by atoms with Crippen molar-refractivity contribution in [1.29, 1.82) is 0 Å². The van der Waals surface area contributed by atoms with Crippen molar-refractivity contribution in [3.63, 3.8) is 0 Å². The Kier molecular flexibility index (Phi) is 4.42. The smallest absolute Gasteiger partial charge is 0.326 e. The summed E-state index contributed by atoms with van der Waals surface area (Å²) in [6.45, 7) is 3.51. The van der Waals surface area contributed by atoms with Gasteiger partial charge in [-0.15, -0.1) is 11.3 Å². The van der Waals surface area contributed by atoms with Gasteiger partial charge in [0.25, 0.3) is 5.91 Å². The molecule has 1 N–H and O–H groups in total. The third-order valence-electron chi connectivity index (χ3n) is 3.19. The van der Waals surface area contributed by atoms with Crippen molar-refractivity contribution in [2.45, 2.75) is 26.3 Å². The first-order chi connectivity index (χ1) is 9.95. The number of hydrogen-bond donors (Lipinski definition) is 1. The van der Waals surface area contributed by atoms with Gasteiger partial charge in [0.05, 0.1) is 6.26 Å². The Bertz CT molecular complexity index is 648. The fourth-order valence-corrected chi connectivity index (χ4v) is 2.90. The second-order valence-electron chi connectivity index (χ2n) is 4.58. The van der Waals surface area contributed by atoms with Crippen LogP contribution < -0.4 is 0 Å². The van der Waals surface area contributed by atoms with E-state index in [2.05, 4.69) is 4.98 Å². The lowest BCUT2D eigenvalue weighted by Gasteiger charge is -2.23. The molecule has 2 rings (SSSR count). The Hall–Kier alpha value is -2.15. The molecule has 0 aromatic carbocycles. The molecular formula is C14H16N2O4S. The van der Waals surface area contributed by atoms with Crippen molar-refractivity contribution < 1.29 is 19.1 Å². The molecule has 1 amide bonds. The molecule has 0 spiro atoms. The number of furan rings is 1. The van der Waals surface area contributed by atoms with Crippen LogP contribution in [0.15, 0.2) is 22.8 Å². The zero-order valence-electron chi connectivity index (χ0n) is 12.0. The quantitative estimate of drug-likeness (QED) is 0.918. The van der Waals surface area contributed by atoms with Crippen LogP contribution in [0.25, 0.3) is 10.8 Å². The third-order valence-corrected chi connectivity index (χ3v) is 4.18. The lowest BCUT2D eigenvalue weighted by Crippen LogP contribution is -2.42. The molecule has 2 heterocycles. The van der Waals surface area contributed by atoms with Crippen molar-refractivity contribution in [1.82, 2.24) is 9.88 Å². The lowest BCUT2D eigenvalue weighted by molar-refractivity contribution is -0.142. The molecule has 6 nitrogen and oxygen atoms in total. The minimum absolute atomic E-state index is 0.272. The number of hydrogen-bond acceptors (Lipinski definition) is 5. The van der Waals surface area contributed by atoms with Crippen molar-refractivity contribution in [3.8, 4) is 10.8 Å².